The van der Waals surface area contributed by atoms with Crippen LogP contribution in [0.5, 0.6) is 0 Å². The summed E-state index contributed by atoms with van der Waals surface area (Å²) in [5.41, 5.74) is 0.788. The van der Waals surface area contributed by atoms with E-state index in [4.69, 9.17) is 0 Å². The van der Waals surface area contributed by atoms with Crippen molar-refractivity contribution in [3.05, 3.63) is 40.1 Å². The second-order valence-corrected chi connectivity index (χ2v) is 6.79. The Balaban J connectivity index is 1.53. The second-order valence-electron chi connectivity index (χ2n) is 5.53. The number of hydrogen-bond donors (Lipinski definition) is 1. The van der Waals surface area contributed by atoms with Crippen molar-refractivity contribution < 1.29 is 5.11 Å². The summed E-state index contributed by atoms with van der Waals surface area (Å²) in [4.78, 5) is 6.65. The number of aliphatic hydroxyl groups is 1. The highest BCUT2D eigenvalue weighted by molar-refractivity contribution is 7.11. The molecule has 1 N–H and O–H groups in total. The molecule has 1 saturated heterocycles. The van der Waals surface area contributed by atoms with Gasteiger partial charge < -0.3 is 5.11 Å². The number of hydrogen-bond acceptors (Lipinski definition) is 6. The fourth-order valence-corrected chi connectivity index (χ4v) is 3.56. The molecule has 0 saturated carbocycles. The maximum Gasteiger partial charge on any atom is 0.131 e. The van der Waals surface area contributed by atoms with Gasteiger partial charge in [-0.25, -0.2) is 0 Å². The number of likely N-dealkylation sites (tertiary alicyclic amines) is 1. The minimum Gasteiger partial charge on any atom is -0.387 e. The van der Waals surface area contributed by atoms with Gasteiger partial charge in [-0.3, -0.25) is 9.88 Å². The first-order valence-corrected chi connectivity index (χ1v) is 8.14. The molecule has 0 radical (unpaired) electrons. The van der Waals surface area contributed by atoms with Crippen LogP contribution in [0.15, 0.2) is 24.4 Å². The average Bonchev–Trinajstić information content (AvgIpc) is 2.93. The van der Waals surface area contributed by atoms with Crippen LogP contribution >= 0.6 is 11.3 Å². The molecule has 3 rings (SSSR count). The molecule has 2 aromatic rings. The lowest BCUT2D eigenvalue weighted by Gasteiger charge is -2.33. The van der Waals surface area contributed by atoms with Gasteiger partial charge in [-0.15, -0.1) is 21.5 Å². The van der Waals surface area contributed by atoms with Crippen LogP contribution in [0.25, 0.3) is 0 Å². The number of piperidine rings is 1. The van der Waals surface area contributed by atoms with E-state index >= 15 is 0 Å². The molecule has 5 nitrogen and oxygen atoms in total. The molecule has 1 atom stereocenters. The molecular formula is C15H20N4OS. The summed E-state index contributed by atoms with van der Waals surface area (Å²) in [7, 11) is 0. The Morgan fingerprint density at radius 3 is 2.76 bits per heavy atom. The summed E-state index contributed by atoms with van der Waals surface area (Å²) in [5.74, 6) is 0.298. The molecule has 6 heteroatoms. The van der Waals surface area contributed by atoms with Gasteiger partial charge in [0.15, 0.2) is 0 Å². The maximum atomic E-state index is 10.4. The van der Waals surface area contributed by atoms with Crippen LogP contribution in [0, 0.1) is 12.8 Å². The predicted molar refractivity (Wildman–Crippen MR) is 81.8 cm³/mol. The lowest BCUT2D eigenvalue weighted by molar-refractivity contribution is 0.0539. The van der Waals surface area contributed by atoms with Gasteiger partial charge in [-0.1, -0.05) is 6.07 Å². The van der Waals surface area contributed by atoms with E-state index in [1.807, 2.05) is 25.1 Å². The summed E-state index contributed by atoms with van der Waals surface area (Å²) in [5, 5.41) is 20.8. The quantitative estimate of drug-likeness (QED) is 0.938. The van der Waals surface area contributed by atoms with Crippen molar-refractivity contribution in [2.75, 3.05) is 13.1 Å². The molecule has 21 heavy (non-hydrogen) atoms. The van der Waals surface area contributed by atoms with E-state index in [9.17, 15) is 5.11 Å². The minimum absolute atomic E-state index is 0.298. The van der Waals surface area contributed by atoms with E-state index in [0.29, 0.717) is 5.92 Å². The smallest absolute Gasteiger partial charge is 0.131 e. The third-order valence-electron chi connectivity index (χ3n) is 4.00. The van der Waals surface area contributed by atoms with E-state index in [0.717, 1.165) is 48.2 Å². The molecule has 1 aliphatic heterocycles. The average molecular weight is 304 g/mol. The van der Waals surface area contributed by atoms with Gasteiger partial charge in [0.25, 0.3) is 0 Å². The zero-order valence-corrected chi connectivity index (χ0v) is 13.0. The van der Waals surface area contributed by atoms with Crippen molar-refractivity contribution in [1.82, 2.24) is 20.1 Å². The topological polar surface area (TPSA) is 62.1 Å². The summed E-state index contributed by atoms with van der Waals surface area (Å²) < 4.78 is 0. The standard InChI is InChI=1S/C15H20N4OS/c1-11-17-18-14(21-11)10-19-8-5-12(6-9-19)15(20)13-4-2-3-7-16-13/h2-4,7,12,15,20H,5-6,8-10H2,1H3/t15-/m0/s1. The van der Waals surface area contributed by atoms with Crippen LogP contribution in [0.3, 0.4) is 0 Å². The van der Waals surface area contributed by atoms with E-state index in [1.54, 1.807) is 17.5 Å². The molecule has 1 fully saturated rings. The molecular weight excluding hydrogens is 284 g/mol. The van der Waals surface area contributed by atoms with Gasteiger partial charge in [-0.05, 0) is 50.9 Å². The van der Waals surface area contributed by atoms with Crippen molar-refractivity contribution >= 4 is 11.3 Å². The van der Waals surface area contributed by atoms with Crippen molar-refractivity contribution in [1.29, 1.82) is 0 Å². The fourth-order valence-electron chi connectivity index (χ4n) is 2.81. The number of aliphatic hydroxyl groups excluding tert-OH is 1. The van der Waals surface area contributed by atoms with E-state index in [-0.39, 0.29) is 0 Å². The molecule has 3 heterocycles. The Bertz CT molecular complexity index is 566. The number of rotatable bonds is 4. The van der Waals surface area contributed by atoms with Crippen molar-refractivity contribution in [2.45, 2.75) is 32.4 Å². The zero-order chi connectivity index (χ0) is 14.7. The van der Waals surface area contributed by atoms with Crippen LogP contribution in [0.1, 0.15) is 34.7 Å². The lowest BCUT2D eigenvalue weighted by Crippen LogP contribution is -2.35. The van der Waals surface area contributed by atoms with E-state index in [2.05, 4.69) is 20.1 Å². The van der Waals surface area contributed by atoms with Crippen LogP contribution in [0.4, 0.5) is 0 Å². The van der Waals surface area contributed by atoms with Gasteiger partial charge in [0.1, 0.15) is 10.0 Å². The molecule has 0 aliphatic carbocycles. The lowest BCUT2D eigenvalue weighted by atomic mass is 9.89. The summed E-state index contributed by atoms with van der Waals surface area (Å²) in [6.07, 6.45) is 3.29. The first kappa shape index (κ1) is 14.6. The first-order chi connectivity index (χ1) is 10.2. The van der Waals surface area contributed by atoms with Crippen molar-refractivity contribution in [3.8, 4) is 0 Å². The van der Waals surface area contributed by atoms with Crippen LogP contribution < -0.4 is 0 Å². The highest BCUT2D eigenvalue weighted by Crippen LogP contribution is 2.30. The molecule has 0 amide bonds. The molecule has 112 valence electrons. The highest BCUT2D eigenvalue weighted by Gasteiger charge is 2.27. The minimum atomic E-state index is -0.447. The van der Waals surface area contributed by atoms with Crippen LogP contribution in [-0.2, 0) is 6.54 Å². The van der Waals surface area contributed by atoms with Crippen molar-refractivity contribution in [3.63, 3.8) is 0 Å². The normalized spacial score (nSPS) is 18.8. The summed E-state index contributed by atoms with van der Waals surface area (Å²) >= 11 is 1.66. The third kappa shape index (κ3) is 3.64. The van der Waals surface area contributed by atoms with Gasteiger partial charge in [-0.2, -0.15) is 0 Å². The van der Waals surface area contributed by atoms with E-state index < -0.39 is 6.10 Å². The van der Waals surface area contributed by atoms with Crippen molar-refractivity contribution in [2.24, 2.45) is 5.92 Å². The Morgan fingerprint density at radius 2 is 2.14 bits per heavy atom. The Kier molecular flexibility index (Phi) is 4.57. The molecule has 0 unspecified atom stereocenters. The highest BCUT2D eigenvalue weighted by atomic mass is 32.1. The largest absolute Gasteiger partial charge is 0.387 e. The Morgan fingerprint density at radius 1 is 1.33 bits per heavy atom. The van der Waals surface area contributed by atoms with E-state index in [1.165, 1.54) is 0 Å². The first-order valence-electron chi connectivity index (χ1n) is 7.32. The SMILES string of the molecule is Cc1nnc(CN2CCC([C@H](O)c3ccccn3)CC2)s1. The fraction of sp³-hybridized carbons (Fsp3) is 0.533. The zero-order valence-electron chi connectivity index (χ0n) is 12.1. The third-order valence-corrected chi connectivity index (χ3v) is 4.82. The molecule has 0 bridgehead atoms. The summed E-state index contributed by atoms with van der Waals surface area (Å²) in [6.45, 7) is 4.84. The molecule has 1 aliphatic rings. The number of aromatic nitrogens is 3. The maximum absolute atomic E-state index is 10.4. The van der Waals surface area contributed by atoms with Gasteiger partial charge in [0, 0.05) is 6.20 Å². The second kappa shape index (κ2) is 6.60. The Labute approximate surface area is 128 Å². The van der Waals surface area contributed by atoms with Gasteiger partial charge in [0.2, 0.25) is 0 Å². The van der Waals surface area contributed by atoms with Gasteiger partial charge >= 0.3 is 0 Å². The number of aryl methyl sites for hydroxylation is 1. The number of pyridine rings is 1. The Hall–Kier alpha value is -1.37. The summed E-state index contributed by atoms with van der Waals surface area (Å²) in [6, 6.07) is 5.71. The molecule has 0 spiro atoms. The van der Waals surface area contributed by atoms with Gasteiger partial charge in [0.05, 0.1) is 18.3 Å². The molecule has 2 aromatic heterocycles. The monoisotopic (exact) mass is 304 g/mol. The van der Waals surface area contributed by atoms with Crippen LogP contribution in [0.2, 0.25) is 0 Å². The molecule has 0 aromatic carbocycles. The van der Waals surface area contributed by atoms with Crippen LogP contribution in [-0.4, -0.2) is 38.3 Å². The number of nitrogens with zero attached hydrogens (tertiary/aromatic N) is 4. The predicted octanol–water partition coefficient (Wildman–Crippen LogP) is 2.19.